The van der Waals surface area contributed by atoms with E-state index in [1.807, 2.05) is 37.3 Å². The van der Waals surface area contributed by atoms with Crippen LogP contribution in [0.2, 0.25) is 0 Å². The van der Waals surface area contributed by atoms with E-state index in [1.54, 1.807) is 0 Å². The van der Waals surface area contributed by atoms with Crippen LogP contribution in [0, 0.1) is 5.92 Å². The third-order valence-corrected chi connectivity index (χ3v) is 4.29. The van der Waals surface area contributed by atoms with Crippen molar-refractivity contribution in [1.29, 1.82) is 0 Å². The van der Waals surface area contributed by atoms with Crippen molar-refractivity contribution in [2.24, 2.45) is 10.9 Å². The summed E-state index contributed by atoms with van der Waals surface area (Å²) >= 11 is 0. The molecule has 0 atom stereocenters. The van der Waals surface area contributed by atoms with Crippen LogP contribution in [0.25, 0.3) is 0 Å². The van der Waals surface area contributed by atoms with Crippen LogP contribution in [0.4, 0.5) is 0 Å². The molecular formula is C16H28N4O2S. The molecule has 0 fully saturated rings. The molecule has 0 aliphatic carbocycles. The van der Waals surface area contributed by atoms with E-state index < -0.39 is 10.0 Å². The maximum absolute atomic E-state index is 12.0. The predicted molar refractivity (Wildman–Crippen MR) is 95.9 cm³/mol. The molecule has 0 spiro atoms. The molecule has 3 N–H and O–H groups in total. The molecule has 130 valence electrons. The van der Waals surface area contributed by atoms with Crippen molar-refractivity contribution in [2.75, 3.05) is 25.4 Å². The molecule has 0 aromatic heterocycles. The van der Waals surface area contributed by atoms with Crippen LogP contribution < -0.4 is 15.4 Å². The number of benzene rings is 1. The molecule has 7 heteroatoms. The largest absolute Gasteiger partial charge is 0.357 e. The van der Waals surface area contributed by atoms with E-state index in [0.717, 1.165) is 12.1 Å². The van der Waals surface area contributed by atoms with Crippen LogP contribution >= 0.6 is 0 Å². The normalized spacial score (nSPS) is 12.4. The van der Waals surface area contributed by atoms with Gasteiger partial charge in [0.25, 0.3) is 0 Å². The molecule has 0 saturated carbocycles. The van der Waals surface area contributed by atoms with Gasteiger partial charge < -0.3 is 10.6 Å². The number of rotatable bonds is 9. The van der Waals surface area contributed by atoms with Crippen molar-refractivity contribution in [2.45, 2.75) is 27.3 Å². The number of hydrogen-bond donors (Lipinski definition) is 3. The fourth-order valence-electron chi connectivity index (χ4n) is 1.78. The zero-order valence-electron chi connectivity index (χ0n) is 14.2. The lowest BCUT2D eigenvalue weighted by Crippen LogP contribution is -2.41. The van der Waals surface area contributed by atoms with Gasteiger partial charge in [0, 0.05) is 26.2 Å². The van der Waals surface area contributed by atoms with E-state index >= 15 is 0 Å². The van der Waals surface area contributed by atoms with Crippen LogP contribution in [-0.4, -0.2) is 39.8 Å². The fraction of sp³-hybridized carbons (Fsp3) is 0.562. The Kier molecular flexibility index (Phi) is 8.65. The van der Waals surface area contributed by atoms with Crippen LogP contribution in [0.1, 0.15) is 26.3 Å². The monoisotopic (exact) mass is 340 g/mol. The number of nitrogens with zero attached hydrogens (tertiary/aromatic N) is 1. The summed E-state index contributed by atoms with van der Waals surface area (Å²) in [5, 5.41) is 6.16. The van der Waals surface area contributed by atoms with Gasteiger partial charge in [-0.25, -0.2) is 13.1 Å². The highest BCUT2D eigenvalue weighted by Crippen LogP contribution is 1.98. The van der Waals surface area contributed by atoms with Crippen molar-refractivity contribution < 1.29 is 8.42 Å². The fourth-order valence-corrected chi connectivity index (χ4v) is 2.68. The Labute approximate surface area is 139 Å². The molecule has 0 aliphatic heterocycles. The standard InChI is InChI=1S/C16H28N4O2S/c1-4-17-16(19-12-14(2)3)18-10-11-23(21,22)20-13-15-8-6-5-7-9-15/h5-9,14,20H,4,10-13H2,1-3H3,(H2,17,18,19). The van der Waals surface area contributed by atoms with Gasteiger partial charge in [-0.05, 0) is 18.4 Å². The Balaban J connectivity index is 2.40. The second-order valence-corrected chi connectivity index (χ2v) is 7.59. The van der Waals surface area contributed by atoms with E-state index in [0.29, 0.717) is 31.5 Å². The van der Waals surface area contributed by atoms with Gasteiger partial charge in [-0.2, -0.15) is 0 Å². The lowest BCUT2D eigenvalue weighted by molar-refractivity contribution is 0.579. The van der Waals surface area contributed by atoms with E-state index in [-0.39, 0.29) is 5.75 Å². The molecule has 1 aromatic rings. The third-order valence-electron chi connectivity index (χ3n) is 2.96. The number of guanidine groups is 1. The summed E-state index contributed by atoms with van der Waals surface area (Å²) in [6.45, 7) is 8.22. The summed E-state index contributed by atoms with van der Waals surface area (Å²) in [6, 6.07) is 9.46. The molecule has 6 nitrogen and oxygen atoms in total. The first-order chi connectivity index (χ1) is 10.9. The van der Waals surface area contributed by atoms with E-state index in [4.69, 9.17) is 0 Å². The van der Waals surface area contributed by atoms with Gasteiger partial charge in [-0.3, -0.25) is 4.99 Å². The molecule has 0 unspecified atom stereocenters. The number of sulfonamides is 1. The SMILES string of the molecule is CCNC(=NCC(C)C)NCCS(=O)(=O)NCc1ccccc1. The van der Waals surface area contributed by atoms with Gasteiger partial charge in [0.1, 0.15) is 0 Å². The Morgan fingerprint density at radius 1 is 1.17 bits per heavy atom. The van der Waals surface area contributed by atoms with Crippen molar-refractivity contribution in [1.82, 2.24) is 15.4 Å². The average molecular weight is 340 g/mol. The topological polar surface area (TPSA) is 82.6 Å². The molecule has 1 rings (SSSR count). The molecule has 1 aromatic carbocycles. The van der Waals surface area contributed by atoms with Gasteiger partial charge in [0.15, 0.2) is 5.96 Å². The smallest absolute Gasteiger partial charge is 0.213 e. The highest BCUT2D eigenvalue weighted by molar-refractivity contribution is 7.89. The van der Waals surface area contributed by atoms with Gasteiger partial charge in [0.05, 0.1) is 5.75 Å². The van der Waals surface area contributed by atoms with Crippen molar-refractivity contribution in [3.05, 3.63) is 35.9 Å². The van der Waals surface area contributed by atoms with Crippen molar-refractivity contribution >= 4 is 16.0 Å². The van der Waals surface area contributed by atoms with Gasteiger partial charge >= 0.3 is 0 Å². The predicted octanol–water partition coefficient (Wildman–Crippen LogP) is 1.32. The molecule has 0 radical (unpaired) electrons. The molecule has 0 aliphatic rings. The average Bonchev–Trinajstić information content (AvgIpc) is 2.51. The summed E-state index contributed by atoms with van der Waals surface area (Å²) in [7, 11) is -3.32. The maximum Gasteiger partial charge on any atom is 0.213 e. The molecule has 0 heterocycles. The highest BCUT2D eigenvalue weighted by Gasteiger charge is 2.10. The van der Waals surface area contributed by atoms with Gasteiger partial charge in [0.2, 0.25) is 10.0 Å². The highest BCUT2D eigenvalue weighted by atomic mass is 32.2. The zero-order chi connectivity index (χ0) is 17.1. The Bertz CT molecular complexity index is 571. The first-order valence-corrected chi connectivity index (χ1v) is 9.61. The van der Waals surface area contributed by atoms with E-state index in [9.17, 15) is 8.42 Å². The molecule has 23 heavy (non-hydrogen) atoms. The number of hydrogen-bond acceptors (Lipinski definition) is 3. The summed E-state index contributed by atoms with van der Waals surface area (Å²) in [5.74, 6) is 1.12. The van der Waals surface area contributed by atoms with Crippen LogP contribution in [0.15, 0.2) is 35.3 Å². The second kappa shape index (κ2) is 10.2. The maximum atomic E-state index is 12.0. The van der Waals surface area contributed by atoms with Gasteiger partial charge in [-0.1, -0.05) is 44.2 Å². The Morgan fingerprint density at radius 3 is 2.48 bits per heavy atom. The first kappa shape index (κ1) is 19.4. The van der Waals surface area contributed by atoms with Crippen molar-refractivity contribution in [3.63, 3.8) is 0 Å². The molecular weight excluding hydrogens is 312 g/mol. The summed E-state index contributed by atoms with van der Waals surface area (Å²) < 4.78 is 26.6. The third kappa shape index (κ3) is 9.20. The summed E-state index contributed by atoms with van der Waals surface area (Å²) in [6.07, 6.45) is 0. The second-order valence-electron chi connectivity index (χ2n) is 5.67. The van der Waals surface area contributed by atoms with Crippen LogP contribution in [-0.2, 0) is 16.6 Å². The zero-order valence-corrected chi connectivity index (χ0v) is 15.0. The quantitative estimate of drug-likeness (QED) is 0.468. The minimum Gasteiger partial charge on any atom is -0.357 e. The molecule has 0 amide bonds. The van der Waals surface area contributed by atoms with Crippen LogP contribution in [0.5, 0.6) is 0 Å². The number of nitrogens with one attached hydrogen (secondary N) is 3. The first-order valence-electron chi connectivity index (χ1n) is 7.96. The van der Waals surface area contributed by atoms with Crippen molar-refractivity contribution in [3.8, 4) is 0 Å². The summed E-state index contributed by atoms with van der Waals surface area (Å²) in [4.78, 5) is 4.41. The summed E-state index contributed by atoms with van der Waals surface area (Å²) in [5.41, 5.74) is 0.941. The lowest BCUT2D eigenvalue weighted by Gasteiger charge is -2.12. The van der Waals surface area contributed by atoms with E-state index in [2.05, 4.69) is 34.2 Å². The molecule has 0 saturated heterocycles. The number of aliphatic imine (C=N–C) groups is 1. The van der Waals surface area contributed by atoms with Gasteiger partial charge in [-0.15, -0.1) is 0 Å². The van der Waals surface area contributed by atoms with E-state index in [1.165, 1.54) is 0 Å². The minimum atomic E-state index is -3.32. The Morgan fingerprint density at radius 2 is 1.87 bits per heavy atom. The Hall–Kier alpha value is -1.60. The minimum absolute atomic E-state index is 0.00588. The van der Waals surface area contributed by atoms with Crippen LogP contribution in [0.3, 0.4) is 0 Å². The molecule has 0 bridgehead atoms. The lowest BCUT2D eigenvalue weighted by atomic mass is 10.2.